The third-order valence-electron chi connectivity index (χ3n) is 2.85. The van der Waals surface area contributed by atoms with Crippen molar-refractivity contribution in [2.24, 2.45) is 11.8 Å². The highest BCUT2D eigenvalue weighted by molar-refractivity contribution is 5.82. The van der Waals surface area contributed by atoms with Gasteiger partial charge in [0.15, 0.2) is 6.10 Å². The van der Waals surface area contributed by atoms with E-state index in [2.05, 4.69) is 10.4 Å². The number of pyridine rings is 1. The van der Waals surface area contributed by atoms with Crippen LogP contribution in [0.3, 0.4) is 0 Å². The molecule has 0 aliphatic carbocycles. The van der Waals surface area contributed by atoms with Crippen molar-refractivity contribution in [2.45, 2.75) is 20.0 Å². The van der Waals surface area contributed by atoms with Crippen molar-refractivity contribution < 1.29 is 9.53 Å². The van der Waals surface area contributed by atoms with Crippen LogP contribution in [0.25, 0.3) is 10.9 Å². The lowest BCUT2D eigenvalue weighted by atomic mass is 10.1. The molecule has 5 nitrogen and oxygen atoms in total. The number of carbonyl (C=O) groups excluding carboxylic acids is 1. The van der Waals surface area contributed by atoms with Gasteiger partial charge >= 0.3 is 0 Å². The molecular formula is C14H17N3O2. The Hall–Kier alpha value is -2.14. The van der Waals surface area contributed by atoms with E-state index >= 15 is 0 Å². The molecule has 1 atom stereocenters. The molecule has 2 rings (SSSR count). The van der Waals surface area contributed by atoms with Crippen LogP contribution in [0.5, 0.6) is 5.75 Å². The normalized spacial score (nSPS) is 12.4. The Kier molecular flexibility index (Phi) is 3.97. The fourth-order valence-electron chi connectivity index (χ4n) is 1.84. The average molecular weight is 259 g/mol. The van der Waals surface area contributed by atoms with Gasteiger partial charge < -0.3 is 4.74 Å². The lowest BCUT2D eigenvalue weighted by Gasteiger charge is -2.20. The molecule has 0 saturated heterocycles. The number of nitrogens with two attached hydrogens (primary N) is 1. The summed E-state index contributed by atoms with van der Waals surface area (Å²) in [6, 6.07) is 9.40. The maximum absolute atomic E-state index is 11.6. The molecule has 1 unspecified atom stereocenters. The zero-order chi connectivity index (χ0) is 13.8. The molecule has 5 heteroatoms. The quantitative estimate of drug-likeness (QED) is 0.497. The van der Waals surface area contributed by atoms with Gasteiger partial charge in [-0.25, -0.2) is 5.84 Å². The van der Waals surface area contributed by atoms with Crippen molar-refractivity contribution >= 4 is 16.8 Å². The van der Waals surface area contributed by atoms with Gasteiger partial charge in [0.05, 0.1) is 5.52 Å². The Morgan fingerprint density at radius 2 is 2.16 bits per heavy atom. The molecule has 1 aromatic heterocycles. The molecule has 0 bridgehead atoms. The van der Waals surface area contributed by atoms with Gasteiger partial charge in [0.2, 0.25) is 0 Å². The molecule has 0 saturated carbocycles. The van der Waals surface area contributed by atoms with E-state index in [4.69, 9.17) is 10.6 Å². The van der Waals surface area contributed by atoms with E-state index in [0.717, 1.165) is 10.9 Å². The van der Waals surface area contributed by atoms with Crippen LogP contribution in [0.2, 0.25) is 0 Å². The number of aromatic nitrogens is 1. The van der Waals surface area contributed by atoms with Gasteiger partial charge in [-0.05, 0) is 24.1 Å². The van der Waals surface area contributed by atoms with Gasteiger partial charge in [0.25, 0.3) is 5.91 Å². The van der Waals surface area contributed by atoms with E-state index in [0.29, 0.717) is 5.75 Å². The molecule has 0 radical (unpaired) electrons. The minimum atomic E-state index is -0.619. The van der Waals surface area contributed by atoms with Crippen LogP contribution in [0.4, 0.5) is 0 Å². The van der Waals surface area contributed by atoms with Gasteiger partial charge in [-0.2, -0.15) is 0 Å². The summed E-state index contributed by atoms with van der Waals surface area (Å²) in [6.45, 7) is 3.80. The van der Waals surface area contributed by atoms with Crippen LogP contribution in [-0.4, -0.2) is 17.0 Å². The number of amides is 1. The highest BCUT2D eigenvalue weighted by Gasteiger charge is 2.23. The first kappa shape index (κ1) is 13.3. The molecule has 0 aliphatic rings. The van der Waals surface area contributed by atoms with E-state index in [1.165, 1.54) is 0 Å². The van der Waals surface area contributed by atoms with E-state index in [1.807, 2.05) is 44.2 Å². The van der Waals surface area contributed by atoms with Crippen molar-refractivity contribution in [1.29, 1.82) is 0 Å². The van der Waals surface area contributed by atoms with Gasteiger partial charge in [-0.3, -0.25) is 15.2 Å². The van der Waals surface area contributed by atoms with Crippen molar-refractivity contribution in [1.82, 2.24) is 10.4 Å². The number of hydrazine groups is 1. The number of hydrogen-bond acceptors (Lipinski definition) is 4. The summed E-state index contributed by atoms with van der Waals surface area (Å²) in [7, 11) is 0. The van der Waals surface area contributed by atoms with E-state index in [9.17, 15) is 4.79 Å². The second kappa shape index (κ2) is 5.67. The lowest BCUT2D eigenvalue weighted by Crippen LogP contribution is -2.44. The van der Waals surface area contributed by atoms with Gasteiger partial charge in [0.1, 0.15) is 5.75 Å². The largest absolute Gasteiger partial charge is 0.480 e. The third-order valence-corrected chi connectivity index (χ3v) is 2.85. The number of benzene rings is 1. The monoisotopic (exact) mass is 259 g/mol. The number of nitrogens with zero attached hydrogens (tertiary/aromatic N) is 1. The molecule has 0 fully saturated rings. The van der Waals surface area contributed by atoms with Gasteiger partial charge in [-0.15, -0.1) is 0 Å². The van der Waals surface area contributed by atoms with Gasteiger partial charge in [0, 0.05) is 17.6 Å². The van der Waals surface area contributed by atoms with Crippen LogP contribution in [-0.2, 0) is 4.79 Å². The summed E-state index contributed by atoms with van der Waals surface area (Å²) >= 11 is 0. The topological polar surface area (TPSA) is 77.2 Å². The number of hydrogen-bond donors (Lipinski definition) is 2. The number of rotatable bonds is 4. The standard InChI is InChI=1S/C14H17N3O2/c1-9(2)13(14(18)17-15)19-11-6-5-10-4-3-7-16-12(10)8-11/h3-9,13H,15H2,1-2H3,(H,17,18). The number of ether oxygens (including phenoxy) is 1. The molecule has 0 aliphatic heterocycles. The summed E-state index contributed by atoms with van der Waals surface area (Å²) < 4.78 is 5.70. The highest BCUT2D eigenvalue weighted by atomic mass is 16.5. The summed E-state index contributed by atoms with van der Waals surface area (Å²) in [5, 5.41) is 1.03. The molecule has 1 amide bonds. The summed E-state index contributed by atoms with van der Waals surface area (Å²) in [5.74, 6) is 5.45. The zero-order valence-corrected chi connectivity index (χ0v) is 11.0. The lowest BCUT2D eigenvalue weighted by molar-refractivity contribution is -0.129. The predicted octanol–water partition coefficient (Wildman–Crippen LogP) is 1.63. The molecule has 2 aromatic rings. The number of nitrogens with one attached hydrogen (secondary N) is 1. The van der Waals surface area contributed by atoms with Crippen LogP contribution in [0.1, 0.15) is 13.8 Å². The van der Waals surface area contributed by atoms with E-state index in [1.54, 1.807) is 6.20 Å². The van der Waals surface area contributed by atoms with Crippen molar-refractivity contribution in [2.75, 3.05) is 0 Å². The first-order valence-electron chi connectivity index (χ1n) is 6.13. The average Bonchev–Trinajstić information content (AvgIpc) is 2.43. The fourth-order valence-corrected chi connectivity index (χ4v) is 1.84. The van der Waals surface area contributed by atoms with Crippen molar-refractivity contribution in [3.8, 4) is 5.75 Å². The molecule has 1 heterocycles. The fraction of sp³-hybridized carbons (Fsp3) is 0.286. The molecule has 3 N–H and O–H groups in total. The Morgan fingerprint density at radius 3 is 2.84 bits per heavy atom. The Labute approximate surface area is 111 Å². The minimum absolute atomic E-state index is 0.0166. The SMILES string of the molecule is CC(C)C(Oc1ccc2cccnc2c1)C(=O)NN. The third kappa shape index (κ3) is 3.00. The second-order valence-electron chi connectivity index (χ2n) is 4.65. The molecular weight excluding hydrogens is 242 g/mol. The minimum Gasteiger partial charge on any atom is -0.480 e. The van der Waals surface area contributed by atoms with Crippen molar-refractivity contribution in [3.63, 3.8) is 0 Å². The zero-order valence-electron chi connectivity index (χ0n) is 11.0. The van der Waals surface area contributed by atoms with Crippen molar-refractivity contribution in [3.05, 3.63) is 36.5 Å². The van der Waals surface area contributed by atoms with Crippen LogP contribution in [0.15, 0.2) is 36.5 Å². The van der Waals surface area contributed by atoms with Crippen LogP contribution in [0, 0.1) is 5.92 Å². The molecule has 0 spiro atoms. The first-order valence-corrected chi connectivity index (χ1v) is 6.13. The van der Waals surface area contributed by atoms with E-state index in [-0.39, 0.29) is 11.8 Å². The highest BCUT2D eigenvalue weighted by Crippen LogP contribution is 2.21. The maximum Gasteiger partial charge on any atom is 0.275 e. The predicted molar refractivity (Wildman–Crippen MR) is 73.3 cm³/mol. The van der Waals surface area contributed by atoms with Gasteiger partial charge in [-0.1, -0.05) is 19.9 Å². The van der Waals surface area contributed by atoms with Crippen LogP contribution >= 0.6 is 0 Å². The Morgan fingerprint density at radius 1 is 1.37 bits per heavy atom. The molecule has 100 valence electrons. The maximum atomic E-state index is 11.6. The number of carbonyl (C=O) groups is 1. The van der Waals surface area contributed by atoms with E-state index < -0.39 is 6.10 Å². The Balaban J connectivity index is 2.26. The first-order chi connectivity index (χ1) is 9.11. The Bertz CT molecular complexity index is 584. The molecule has 19 heavy (non-hydrogen) atoms. The van der Waals surface area contributed by atoms with Crippen LogP contribution < -0.4 is 16.0 Å². The summed E-state index contributed by atoms with van der Waals surface area (Å²) in [6.07, 6.45) is 1.10. The number of fused-ring (bicyclic) bond motifs is 1. The summed E-state index contributed by atoms with van der Waals surface area (Å²) in [4.78, 5) is 15.9. The molecule has 1 aromatic carbocycles. The smallest absolute Gasteiger partial charge is 0.275 e. The second-order valence-corrected chi connectivity index (χ2v) is 4.65. The summed E-state index contributed by atoms with van der Waals surface area (Å²) in [5.41, 5.74) is 2.95.